The predicted molar refractivity (Wildman–Crippen MR) is 80.5 cm³/mol. The Balaban J connectivity index is 2.28. The minimum Gasteiger partial charge on any atom is -0.328 e. The highest BCUT2D eigenvalue weighted by atomic mass is 15.1. The van der Waals surface area contributed by atoms with Gasteiger partial charge in [-0.05, 0) is 40.2 Å². The lowest BCUT2D eigenvalue weighted by Crippen LogP contribution is -2.38. The van der Waals surface area contributed by atoms with Crippen LogP contribution in [0.5, 0.6) is 0 Å². The SMILES string of the molecule is CCn1c(CC(CN(C)C)NC)nc2ccccc21. The number of nitrogens with zero attached hydrogens (tertiary/aromatic N) is 3. The summed E-state index contributed by atoms with van der Waals surface area (Å²) >= 11 is 0. The van der Waals surface area contributed by atoms with E-state index in [1.54, 1.807) is 0 Å². The van der Waals surface area contributed by atoms with E-state index in [-0.39, 0.29) is 0 Å². The topological polar surface area (TPSA) is 33.1 Å². The third-order valence-corrected chi connectivity index (χ3v) is 3.47. The van der Waals surface area contributed by atoms with Gasteiger partial charge in [0.25, 0.3) is 0 Å². The lowest BCUT2D eigenvalue weighted by Gasteiger charge is -2.20. The van der Waals surface area contributed by atoms with E-state index in [1.165, 1.54) is 11.3 Å². The Morgan fingerprint density at radius 3 is 2.68 bits per heavy atom. The molecule has 0 spiro atoms. The quantitative estimate of drug-likeness (QED) is 0.859. The summed E-state index contributed by atoms with van der Waals surface area (Å²) in [5, 5.41) is 3.38. The van der Waals surface area contributed by atoms with Gasteiger partial charge in [-0.25, -0.2) is 4.98 Å². The molecule has 0 fully saturated rings. The molecular formula is C15H24N4. The molecule has 0 radical (unpaired) electrons. The zero-order valence-corrected chi connectivity index (χ0v) is 12.3. The summed E-state index contributed by atoms with van der Waals surface area (Å²) in [7, 11) is 6.23. The van der Waals surface area contributed by atoms with Gasteiger partial charge in [0.05, 0.1) is 11.0 Å². The van der Waals surface area contributed by atoms with Crippen LogP contribution in [0.1, 0.15) is 12.7 Å². The van der Waals surface area contributed by atoms with Gasteiger partial charge < -0.3 is 14.8 Å². The molecule has 2 aromatic rings. The van der Waals surface area contributed by atoms with Crippen molar-refractivity contribution < 1.29 is 0 Å². The van der Waals surface area contributed by atoms with Crippen LogP contribution in [0, 0.1) is 0 Å². The Bertz CT molecular complexity index is 530. The minimum absolute atomic E-state index is 0.428. The summed E-state index contributed by atoms with van der Waals surface area (Å²) < 4.78 is 2.31. The fraction of sp³-hybridized carbons (Fsp3) is 0.533. The Labute approximate surface area is 115 Å². The van der Waals surface area contributed by atoms with Crippen molar-refractivity contribution in [3.05, 3.63) is 30.1 Å². The first-order valence-corrected chi connectivity index (χ1v) is 6.91. The average molecular weight is 260 g/mol. The molecule has 0 saturated carbocycles. The second-order valence-corrected chi connectivity index (χ2v) is 5.21. The van der Waals surface area contributed by atoms with Crippen LogP contribution in [0.2, 0.25) is 0 Å². The molecule has 1 N–H and O–H groups in total. The lowest BCUT2D eigenvalue weighted by molar-refractivity contribution is 0.342. The number of likely N-dealkylation sites (N-methyl/N-ethyl adjacent to an activating group) is 2. The number of hydrogen-bond acceptors (Lipinski definition) is 3. The molecule has 19 heavy (non-hydrogen) atoms. The summed E-state index contributed by atoms with van der Waals surface area (Å²) in [4.78, 5) is 6.99. The van der Waals surface area contributed by atoms with Gasteiger partial charge >= 0.3 is 0 Å². The molecule has 4 nitrogen and oxygen atoms in total. The zero-order valence-electron chi connectivity index (χ0n) is 12.3. The van der Waals surface area contributed by atoms with Gasteiger partial charge in [-0.3, -0.25) is 0 Å². The molecule has 2 rings (SSSR count). The van der Waals surface area contributed by atoms with E-state index in [1.807, 2.05) is 7.05 Å². The number of aryl methyl sites for hydroxylation is 1. The summed E-state index contributed by atoms with van der Waals surface area (Å²) in [6.45, 7) is 4.16. The average Bonchev–Trinajstić information content (AvgIpc) is 2.74. The number of rotatable bonds is 6. The van der Waals surface area contributed by atoms with Gasteiger partial charge in [-0.15, -0.1) is 0 Å². The molecule has 0 amide bonds. The summed E-state index contributed by atoms with van der Waals surface area (Å²) in [6, 6.07) is 8.79. The third kappa shape index (κ3) is 3.14. The zero-order chi connectivity index (χ0) is 13.8. The number of para-hydroxylation sites is 2. The molecule has 0 aliphatic rings. The van der Waals surface area contributed by atoms with Gasteiger partial charge in [0, 0.05) is 25.6 Å². The van der Waals surface area contributed by atoms with E-state index in [9.17, 15) is 0 Å². The van der Waals surface area contributed by atoms with E-state index in [0.717, 1.165) is 25.0 Å². The fourth-order valence-corrected chi connectivity index (χ4v) is 2.55. The molecule has 0 bridgehead atoms. The third-order valence-electron chi connectivity index (χ3n) is 3.47. The first kappa shape index (κ1) is 14.0. The second kappa shape index (κ2) is 6.17. The standard InChI is InChI=1S/C15H24N4/c1-5-19-14-9-7-6-8-13(14)17-15(19)10-12(16-2)11-18(3)4/h6-9,12,16H,5,10-11H2,1-4H3. The van der Waals surface area contributed by atoms with Gasteiger partial charge in [-0.1, -0.05) is 12.1 Å². The molecule has 1 heterocycles. The Morgan fingerprint density at radius 1 is 1.32 bits per heavy atom. The highest BCUT2D eigenvalue weighted by Gasteiger charge is 2.14. The maximum Gasteiger partial charge on any atom is 0.111 e. The maximum absolute atomic E-state index is 4.78. The van der Waals surface area contributed by atoms with Crippen LogP contribution < -0.4 is 5.32 Å². The first-order valence-electron chi connectivity index (χ1n) is 6.91. The van der Waals surface area contributed by atoms with Crippen molar-refractivity contribution in [2.45, 2.75) is 25.9 Å². The molecule has 1 aromatic carbocycles. The summed E-state index contributed by atoms with van der Waals surface area (Å²) in [6.07, 6.45) is 0.956. The van der Waals surface area contributed by atoms with Crippen LogP contribution in [-0.2, 0) is 13.0 Å². The molecule has 0 saturated heterocycles. The summed E-state index contributed by atoms with van der Waals surface area (Å²) in [5.74, 6) is 1.17. The van der Waals surface area contributed by atoms with Gasteiger partial charge in [-0.2, -0.15) is 0 Å². The van der Waals surface area contributed by atoms with Crippen LogP contribution in [0.25, 0.3) is 11.0 Å². The van der Waals surface area contributed by atoms with Crippen LogP contribution in [-0.4, -0.2) is 48.2 Å². The number of hydrogen-bond donors (Lipinski definition) is 1. The number of nitrogens with one attached hydrogen (secondary N) is 1. The van der Waals surface area contributed by atoms with E-state index in [0.29, 0.717) is 6.04 Å². The molecule has 1 atom stereocenters. The Hall–Kier alpha value is -1.39. The fourth-order valence-electron chi connectivity index (χ4n) is 2.55. The smallest absolute Gasteiger partial charge is 0.111 e. The number of aromatic nitrogens is 2. The number of imidazole rings is 1. The largest absolute Gasteiger partial charge is 0.328 e. The van der Waals surface area contributed by atoms with Crippen molar-refractivity contribution in [1.82, 2.24) is 19.8 Å². The van der Waals surface area contributed by atoms with Crippen LogP contribution in [0.4, 0.5) is 0 Å². The van der Waals surface area contributed by atoms with E-state index >= 15 is 0 Å². The van der Waals surface area contributed by atoms with Gasteiger partial charge in [0.2, 0.25) is 0 Å². The second-order valence-electron chi connectivity index (χ2n) is 5.21. The first-order chi connectivity index (χ1) is 9.15. The van der Waals surface area contributed by atoms with Crippen molar-refractivity contribution in [2.24, 2.45) is 0 Å². The van der Waals surface area contributed by atoms with E-state index < -0.39 is 0 Å². The highest BCUT2D eigenvalue weighted by molar-refractivity contribution is 5.75. The molecular weight excluding hydrogens is 236 g/mol. The van der Waals surface area contributed by atoms with Crippen molar-refractivity contribution in [1.29, 1.82) is 0 Å². The molecule has 4 heteroatoms. The van der Waals surface area contributed by atoms with Crippen molar-refractivity contribution in [3.63, 3.8) is 0 Å². The van der Waals surface area contributed by atoms with E-state index in [4.69, 9.17) is 4.98 Å². The van der Waals surface area contributed by atoms with Gasteiger partial charge in [0.1, 0.15) is 5.82 Å². The monoisotopic (exact) mass is 260 g/mol. The molecule has 1 unspecified atom stereocenters. The normalized spacial score (nSPS) is 13.3. The highest BCUT2D eigenvalue weighted by Crippen LogP contribution is 2.17. The van der Waals surface area contributed by atoms with Crippen molar-refractivity contribution >= 4 is 11.0 Å². The Morgan fingerprint density at radius 2 is 2.05 bits per heavy atom. The molecule has 104 valence electrons. The number of fused-ring (bicyclic) bond motifs is 1. The van der Waals surface area contributed by atoms with Crippen molar-refractivity contribution in [3.8, 4) is 0 Å². The molecule has 1 aromatic heterocycles. The minimum atomic E-state index is 0.428. The summed E-state index contributed by atoms with van der Waals surface area (Å²) in [5.41, 5.74) is 2.33. The van der Waals surface area contributed by atoms with Gasteiger partial charge in [0.15, 0.2) is 0 Å². The van der Waals surface area contributed by atoms with Crippen molar-refractivity contribution in [2.75, 3.05) is 27.7 Å². The predicted octanol–water partition coefficient (Wildman–Crippen LogP) is 1.75. The van der Waals surface area contributed by atoms with E-state index in [2.05, 4.69) is 60.1 Å². The van der Waals surface area contributed by atoms with Crippen LogP contribution in [0.15, 0.2) is 24.3 Å². The number of benzene rings is 1. The lowest BCUT2D eigenvalue weighted by atomic mass is 10.2. The maximum atomic E-state index is 4.78. The van der Waals surface area contributed by atoms with Crippen LogP contribution in [0.3, 0.4) is 0 Å². The molecule has 0 aliphatic carbocycles. The molecule has 0 aliphatic heterocycles. The Kier molecular flexibility index (Phi) is 4.56. The van der Waals surface area contributed by atoms with Crippen LogP contribution >= 0.6 is 0 Å².